The summed E-state index contributed by atoms with van der Waals surface area (Å²) < 4.78 is 14.8. The molecule has 1 rings (SSSR count). The zero-order chi connectivity index (χ0) is 18.2. The van der Waals surface area contributed by atoms with E-state index >= 15 is 0 Å². The first-order chi connectivity index (χ1) is 11.2. The Kier molecular flexibility index (Phi) is 8.93. The number of phosphoric acid groups is 1. The van der Waals surface area contributed by atoms with Crippen molar-refractivity contribution >= 4 is 37.3 Å². The third kappa shape index (κ3) is 8.25. The van der Waals surface area contributed by atoms with E-state index < -0.39 is 19.0 Å². The van der Waals surface area contributed by atoms with Crippen molar-refractivity contribution in [2.45, 2.75) is 43.8 Å². The molecule has 9 nitrogen and oxygen atoms in total. The number of hydrogen-bond acceptors (Lipinski definition) is 6. The van der Waals surface area contributed by atoms with Crippen molar-refractivity contribution in [2.24, 2.45) is 5.73 Å². The van der Waals surface area contributed by atoms with Crippen LogP contribution in [0.25, 0.3) is 0 Å². The van der Waals surface area contributed by atoms with Crippen LogP contribution in [-0.4, -0.2) is 56.6 Å². The molecule has 1 unspecified atom stereocenters. The lowest BCUT2D eigenvalue weighted by molar-refractivity contribution is -0.138. The number of likely N-dealkylation sites (tertiary alicyclic amines) is 1. The van der Waals surface area contributed by atoms with E-state index in [4.69, 9.17) is 15.5 Å². The molecule has 0 aromatic rings. The molecule has 138 valence electrons. The fraction of sp³-hybridized carbons (Fsp3) is 0.769. The molecule has 0 saturated carbocycles. The summed E-state index contributed by atoms with van der Waals surface area (Å²) in [5, 5.41) is -0.400. The molecule has 0 aromatic heterocycles. The molecule has 0 bridgehead atoms. The van der Waals surface area contributed by atoms with Gasteiger partial charge in [-0.3, -0.25) is 23.8 Å². The van der Waals surface area contributed by atoms with Gasteiger partial charge in [0.25, 0.3) is 0 Å². The van der Waals surface area contributed by atoms with E-state index in [1.54, 1.807) is 0 Å². The Labute approximate surface area is 144 Å². The SMILES string of the molecule is NC(=O)CCN1C(=O)CC(SCCCCCCOP(=O)(O)O)C1=O. The third-order valence-corrected chi connectivity index (χ3v) is 5.22. The van der Waals surface area contributed by atoms with Crippen LogP contribution in [-0.2, 0) is 23.5 Å². The predicted octanol–water partition coefficient (Wildman–Crippen LogP) is 0.392. The number of nitrogens with zero attached hydrogens (tertiary/aromatic N) is 1. The van der Waals surface area contributed by atoms with Gasteiger partial charge in [0.2, 0.25) is 17.7 Å². The first-order valence-corrected chi connectivity index (χ1v) is 10.2. The Bertz CT molecular complexity index is 511. The van der Waals surface area contributed by atoms with E-state index in [2.05, 4.69) is 4.52 Å². The normalized spacial score (nSPS) is 18.4. The molecule has 0 radical (unpaired) electrons. The Morgan fingerprint density at radius 3 is 2.58 bits per heavy atom. The van der Waals surface area contributed by atoms with E-state index in [0.29, 0.717) is 12.2 Å². The molecule has 1 saturated heterocycles. The summed E-state index contributed by atoms with van der Waals surface area (Å²) in [6.07, 6.45) is 3.13. The van der Waals surface area contributed by atoms with Crippen LogP contribution in [0.3, 0.4) is 0 Å². The summed E-state index contributed by atoms with van der Waals surface area (Å²) in [4.78, 5) is 52.7. The molecule has 1 fully saturated rings. The number of hydrogen-bond donors (Lipinski definition) is 3. The van der Waals surface area contributed by atoms with Gasteiger partial charge >= 0.3 is 7.82 Å². The van der Waals surface area contributed by atoms with E-state index in [0.717, 1.165) is 24.2 Å². The van der Waals surface area contributed by atoms with Gasteiger partial charge in [0.15, 0.2) is 0 Å². The van der Waals surface area contributed by atoms with Crippen LogP contribution >= 0.6 is 19.6 Å². The smallest absolute Gasteiger partial charge is 0.370 e. The van der Waals surface area contributed by atoms with Crippen molar-refractivity contribution in [3.8, 4) is 0 Å². The van der Waals surface area contributed by atoms with Crippen LogP contribution in [0, 0.1) is 0 Å². The topological polar surface area (TPSA) is 147 Å². The predicted molar refractivity (Wildman–Crippen MR) is 87.9 cm³/mol. The lowest BCUT2D eigenvalue weighted by atomic mass is 10.2. The Morgan fingerprint density at radius 1 is 1.29 bits per heavy atom. The molecule has 1 aliphatic rings. The second-order valence-electron chi connectivity index (χ2n) is 5.40. The summed E-state index contributed by atoms with van der Waals surface area (Å²) >= 11 is 1.42. The fourth-order valence-corrected chi connectivity index (χ4v) is 3.76. The lowest BCUT2D eigenvalue weighted by Gasteiger charge is -2.13. The summed E-state index contributed by atoms with van der Waals surface area (Å²) in [5.74, 6) is -0.365. The summed E-state index contributed by atoms with van der Waals surface area (Å²) in [6, 6.07) is 0. The number of carbonyl (C=O) groups is 3. The lowest BCUT2D eigenvalue weighted by Crippen LogP contribution is -2.34. The molecule has 11 heteroatoms. The van der Waals surface area contributed by atoms with Crippen molar-refractivity contribution in [2.75, 3.05) is 18.9 Å². The molecule has 0 spiro atoms. The highest BCUT2D eigenvalue weighted by Gasteiger charge is 2.38. The van der Waals surface area contributed by atoms with E-state index in [1.807, 2.05) is 0 Å². The van der Waals surface area contributed by atoms with Crippen LogP contribution in [0.4, 0.5) is 0 Å². The molecule has 1 aliphatic heterocycles. The summed E-state index contributed by atoms with van der Waals surface area (Å²) in [7, 11) is -4.38. The van der Waals surface area contributed by atoms with Gasteiger partial charge in [0.05, 0.1) is 11.9 Å². The molecule has 3 amide bonds. The number of thioether (sulfide) groups is 1. The van der Waals surface area contributed by atoms with Gasteiger partial charge in [-0.25, -0.2) is 4.57 Å². The zero-order valence-electron chi connectivity index (χ0n) is 13.3. The highest BCUT2D eigenvalue weighted by Crippen LogP contribution is 2.35. The van der Waals surface area contributed by atoms with Gasteiger partial charge in [-0.1, -0.05) is 12.8 Å². The number of phosphoric ester groups is 1. The average Bonchev–Trinajstić information content (AvgIpc) is 2.73. The first-order valence-electron chi connectivity index (χ1n) is 7.65. The molecule has 24 heavy (non-hydrogen) atoms. The highest BCUT2D eigenvalue weighted by atomic mass is 32.2. The third-order valence-electron chi connectivity index (χ3n) is 3.40. The maximum absolute atomic E-state index is 12.1. The van der Waals surface area contributed by atoms with Gasteiger partial charge < -0.3 is 15.5 Å². The van der Waals surface area contributed by atoms with Crippen molar-refractivity contribution in [1.82, 2.24) is 4.90 Å². The van der Waals surface area contributed by atoms with Gasteiger partial charge in [-0.05, 0) is 18.6 Å². The van der Waals surface area contributed by atoms with Crippen LogP contribution in [0.5, 0.6) is 0 Å². The number of imide groups is 1. The monoisotopic (exact) mass is 382 g/mol. The average molecular weight is 382 g/mol. The zero-order valence-corrected chi connectivity index (χ0v) is 15.0. The van der Waals surface area contributed by atoms with Crippen molar-refractivity contribution in [3.05, 3.63) is 0 Å². The van der Waals surface area contributed by atoms with Crippen LogP contribution in [0.15, 0.2) is 0 Å². The van der Waals surface area contributed by atoms with Crippen LogP contribution < -0.4 is 5.73 Å². The second kappa shape index (κ2) is 10.1. The number of amides is 3. The number of unbranched alkanes of at least 4 members (excludes halogenated alkanes) is 3. The molecular formula is C13H23N2O7PS. The number of rotatable bonds is 12. The van der Waals surface area contributed by atoms with Gasteiger partial charge in [0, 0.05) is 19.4 Å². The van der Waals surface area contributed by atoms with Gasteiger partial charge in [0.1, 0.15) is 0 Å². The van der Waals surface area contributed by atoms with Crippen molar-refractivity contribution < 1.29 is 33.3 Å². The van der Waals surface area contributed by atoms with Gasteiger partial charge in [-0.15, -0.1) is 11.8 Å². The maximum Gasteiger partial charge on any atom is 0.469 e. The Hall–Kier alpha value is -0.930. The largest absolute Gasteiger partial charge is 0.469 e. The minimum absolute atomic E-state index is 0.0157. The minimum atomic E-state index is -4.38. The Balaban J connectivity index is 2.13. The molecule has 1 heterocycles. The fourth-order valence-electron chi connectivity index (χ4n) is 2.21. The summed E-state index contributed by atoms with van der Waals surface area (Å²) in [5.41, 5.74) is 5.02. The van der Waals surface area contributed by atoms with E-state index in [1.165, 1.54) is 11.8 Å². The van der Waals surface area contributed by atoms with Crippen LogP contribution in [0.1, 0.15) is 38.5 Å². The van der Waals surface area contributed by atoms with Crippen molar-refractivity contribution in [1.29, 1.82) is 0 Å². The Morgan fingerprint density at radius 2 is 1.96 bits per heavy atom. The number of nitrogens with two attached hydrogens (primary N) is 1. The second-order valence-corrected chi connectivity index (χ2v) is 7.95. The van der Waals surface area contributed by atoms with Gasteiger partial charge in [-0.2, -0.15) is 0 Å². The molecule has 4 N–H and O–H groups in total. The number of primary amides is 1. The summed E-state index contributed by atoms with van der Waals surface area (Å²) in [6.45, 7) is 0.0610. The molecule has 0 aromatic carbocycles. The molecule has 0 aliphatic carbocycles. The molecule has 1 atom stereocenters. The molecular weight excluding hydrogens is 359 g/mol. The highest BCUT2D eigenvalue weighted by molar-refractivity contribution is 8.00. The van der Waals surface area contributed by atoms with Crippen LogP contribution in [0.2, 0.25) is 0 Å². The van der Waals surface area contributed by atoms with Crippen molar-refractivity contribution in [3.63, 3.8) is 0 Å². The van der Waals surface area contributed by atoms with E-state index in [9.17, 15) is 18.9 Å². The van der Waals surface area contributed by atoms with E-state index in [-0.39, 0.29) is 37.8 Å². The number of carbonyl (C=O) groups excluding carboxylic acids is 3. The quantitative estimate of drug-likeness (QED) is 0.249. The standard InChI is InChI=1S/C13H23N2O7PS/c14-11(16)5-6-15-12(17)9-10(13(15)18)24-8-4-2-1-3-7-22-23(19,20)21/h10H,1-9H2,(H2,14,16)(H2,19,20,21). The maximum atomic E-state index is 12.1. The minimum Gasteiger partial charge on any atom is -0.370 e. The first kappa shape index (κ1) is 21.1.